The molecule has 0 N–H and O–H groups in total. The van der Waals surface area contributed by atoms with Crippen LogP contribution in [0.4, 0.5) is 0 Å². The summed E-state index contributed by atoms with van der Waals surface area (Å²) in [5.74, 6) is 2.75. The number of allylic oxidation sites excluding steroid dienone is 2. The first-order chi connectivity index (χ1) is 6.58. The third-order valence-electron chi connectivity index (χ3n) is 2.12. The summed E-state index contributed by atoms with van der Waals surface area (Å²) in [6, 6.07) is 1.34. The van der Waals surface area contributed by atoms with Crippen molar-refractivity contribution < 1.29 is 0 Å². The molecule has 0 spiro atoms. The molecule has 1 saturated heterocycles. The molecular formula is C11H22S2Si. The lowest BCUT2D eigenvalue weighted by Crippen LogP contribution is -2.17. The first-order valence-corrected chi connectivity index (χ1v) is 11.3. The summed E-state index contributed by atoms with van der Waals surface area (Å²) in [5, 5.41) is 0. The molecule has 1 heterocycles. The normalized spacial score (nSPS) is 20.5. The number of hydrogen-bond acceptors (Lipinski definition) is 2. The number of rotatable bonds is 4. The van der Waals surface area contributed by atoms with Crippen LogP contribution >= 0.6 is 23.5 Å². The van der Waals surface area contributed by atoms with Gasteiger partial charge in [-0.2, -0.15) is 0 Å². The molecule has 1 fully saturated rings. The van der Waals surface area contributed by atoms with Crippen LogP contribution in [0.15, 0.2) is 12.2 Å². The number of thioether (sulfide) groups is 2. The molecule has 0 atom stereocenters. The minimum atomic E-state index is -0.844. The van der Waals surface area contributed by atoms with E-state index >= 15 is 0 Å². The van der Waals surface area contributed by atoms with E-state index in [9.17, 15) is 0 Å². The summed E-state index contributed by atoms with van der Waals surface area (Å²) in [7, 11) is -0.844. The lowest BCUT2D eigenvalue weighted by molar-refractivity contribution is 1.07. The summed E-state index contributed by atoms with van der Waals surface area (Å²) in [6.07, 6.45) is 7.51. The molecule has 0 nitrogen and oxygen atoms in total. The van der Waals surface area contributed by atoms with Crippen molar-refractivity contribution in [2.75, 3.05) is 11.5 Å². The molecule has 1 rings (SSSR count). The van der Waals surface area contributed by atoms with E-state index in [0.29, 0.717) is 0 Å². The van der Waals surface area contributed by atoms with E-state index in [4.69, 9.17) is 0 Å². The van der Waals surface area contributed by atoms with E-state index in [0.717, 1.165) is 4.58 Å². The Bertz CT molecular complexity index is 178. The van der Waals surface area contributed by atoms with Gasteiger partial charge in [-0.15, -0.1) is 23.5 Å². The fourth-order valence-electron chi connectivity index (χ4n) is 1.32. The highest BCUT2D eigenvalue weighted by Crippen LogP contribution is 2.33. The monoisotopic (exact) mass is 246 g/mol. The van der Waals surface area contributed by atoms with Crippen molar-refractivity contribution in [3.8, 4) is 0 Å². The van der Waals surface area contributed by atoms with Crippen molar-refractivity contribution in [2.24, 2.45) is 0 Å². The molecular weight excluding hydrogens is 224 g/mol. The Morgan fingerprint density at radius 2 is 1.79 bits per heavy atom. The van der Waals surface area contributed by atoms with Crippen LogP contribution in [0, 0.1) is 0 Å². The zero-order valence-electron chi connectivity index (χ0n) is 9.58. The van der Waals surface area contributed by atoms with Gasteiger partial charge in [-0.25, -0.2) is 0 Å². The molecule has 1 aliphatic rings. The summed E-state index contributed by atoms with van der Waals surface area (Å²) in [6.45, 7) is 7.30. The van der Waals surface area contributed by atoms with Gasteiger partial charge in [0.25, 0.3) is 0 Å². The zero-order valence-corrected chi connectivity index (χ0v) is 12.2. The highest BCUT2D eigenvalue weighted by atomic mass is 32.2. The van der Waals surface area contributed by atoms with Gasteiger partial charge in [0.05, 0.1) is 4.58 Å². The highest BCUT2D eigenvalue weighted by molar-refractivity contribution is 8.17. The Kier molecular flexibility index (Phi) is 5.71. The van der Waals surface area contributed by atoms with Gasteiger partial charge in [-0.3, -0.25) is 0 Å². The first-order valence-electron chi connectivity index (χ1n) is 5.46. The first kappa shape index (κ1) is 12.7. The molecule has 0 unspecified atom stereocenters. The summed E-state index contributed by atoms with van der Waals surface area (Å²) in [5.41, 5.74) is 0. The zero-order chi connectivity index (χ0) is 10.4. The Morgan fingerprint density at radius 1 is 1.14 bits per heavy atom. The number of hydrogen-bond donors (Lipinski definition) is 0. The Hall–Kier alpha value is 0.657. The minimum absolute atomic E-state index is 0.844. The van der Waals surface area contributed by atoms with Gasteiger partial charge in [-0.1, -0.05) is 31.8 Å². The van der Waals surface area contributed by atoms with E-state index < -0.39 is 8.07 Å². The summed E-state index contributed by atoms with van der Waals surface area (Å²) >= 11 is 4.29. The van der Waals surface area contributed by atoms with Gasteiger partial charge in [-0.05, 0) is 30.4 Å². The molecule has 1 aliphatic heterocycles. The third-order valence-corrected chi connectivity index (χ3v) is 6.58. The molecule has 0 saturated carbocycles. The van der Waals surface area contributed by atoms with Crippen molar-refractivity contribution >= 4 is 31.6 Å². The van der Waals surface area contributed by atoms with E-state index in [1.165, 1.54) is 30.4 Å². The second-order valence-electron chi connectivity index (χ2n) is 5.00. The molecule has 0 amide bonds. The maximum absolute atomic E-state index is 2.43. The summed E-state index contributed by atoms with van der Waals surface area (Å²) in [4.78, 5) is 0. The maximum atomic E-state index is 2.43. The molecule has 3 heteroatoms. The average Bonchev–Trinajstić information content (AvgIpc) is 2.13. The van der Waals surface area contributed by atoms with Crippen molar-refractivity contribution in [3.05, 3.63) is 12.2 Å². The largest absolute Gasteiger partial charge is 0.147 e. The van der Waals surface area contributed by atoms with Crippen LogP contribution in [0.3, 0.4) is 0 Å². The van der Waals surface area contributed by atoms with Crippen LogP contribution in [0.1, 0.15) is 12.8 Å². The van der Waals surface area contributed by atoms with Gasteiger partial charge < -0.3 is 0 Å². The average molecular weight is 247 g/mol. The fourth-order valence-corrected chi connectivity index (χ4v) is 4.98. The predicted molar refractivity (Wildman–Crippen MR) is 75.2 cm³/mol. The predicted octanol–water partition coefficient (Wildman–Crippen LogP) is 4.47. The molecule has 0 aromatic rings. The van der Waals surface area contributed by atoms with Crippen molar-refractivity contribution in [1.82, 2.24) is 0 Å². The van der Waals surface area contributed by atoms with Crippen molar-refractivity contribution in [1.29, 1.82) is 0 Å². The molecule has 0 radical (unpaired) electrons. The van der Waals surface area contributed by atoms with Crippen LogP contribution in [0.2, 0.25) is 25.7 Å². The minimum Gasteiger partial charge on any atom is -0.147 e. The van der Waals surface area contributed by atoms with Crippen molar-refractivity contribution in [3.63, 3.8) is 0 Å². The Balaban J connectivity index is 2.12. The van der Waals surface area contributed by atoms with E-state index in [2.05, 4.69) is 55.3 Å². The Labute approximate surface area is 98.3 Å². The summed E-state index contributed by atoms with van der Waals surface area (Å²) < 4.78 is 0.849. The molecule has 0 aromatic carbocycles. The third kappa shape index (κ3) is 6.20. The lowest BCUT2D eigenvalue weighted by atomic mass is 10.4. The van der Waals surface area contributed by atoms with Crippen LogP contribution < -0.4 is 0 Å². The molecule has 14 heavy (non-hydrogen) atoms. The smallest absolute Gasteiger partial charge is 0.0536 e. The maximum Gasteiger partial charge on any atom is 0.0536 e. The lowest BCUT2D eigenvalue weighted by Gasteiger charge is -2.19. The second kappa shape index (κ2) is 6.29. The van der Waals surface area contributed by atoms with Crippen molar-refractivity contribution in [2.45, 2.75) is 43.1 Å². The molecule has 0 aromatic heterocycles. The quantitative estimate of drug-likeness (QED) is 0.530. The molecule has 82 valence electrons. The SMILES string of the molecule is C[Si](C)(C)C/C=C/CC1SCCCS1. The highest BCUT2D eigenvalue weighted by Gasteiger charge is 2.13. The van der Waals surface area contributed by atoms with Gasteiger partial charge in [0.1, 0.15) is 0 Å². The van der Waals surface area contributed by atoms with Gasteiger partial charge in [0.2, 0.25) is 0 Å². The van der Waals surface area contributed by atoms with Crippen LogP contribution in [0.25, 0.3) is 0 Å². The fraction of sp³-hybridized carbons (Fsp3) is 0.818. The van der Waals surface area contributed by atoms with Crippen LogP contribution in [-0.2, 0) is 0 Å². The standard InChI is InChI=1S/C11H22S2Si/c1-14(2,3)10-5-4-7-11-12-8-6-9-13-11/h4-5,11H,6-10H2,1-3H3/b5-4+. The molecule has 0 aliphatic carbocycles. The second-order valence-corrected chi connectivity index (χ2v) is 13.4. The molecule has 0 bridgehead atoms. The topological polar surface area (TPSA) is 0 Å². The Morgan fingerprint density at radius 3 is 2.36 bits per heavy atom. The van der Waals surface area contributed by atoms with Gasteiger partial charge in [0, 0.05) is 8.07 Å². The van der Waals surface area contributed by atoms with Crippen LogP contribution in [-0.4, -0.2) is 24.2 Å². The van der Waals surface area contributed by atoms with Gasteiger partial charge in [0.15, 0.2) is 0 Å². The van der Waals surface area contributed by atoms with E-state index in [1.807, 2.05) is 0 Å². The van der Waals surface area contributed by atoms with E-state index in [-0.39, 0.29) is 0 Å². The van der Waals surface area contributed by atoms with Crippen LogP contribution in [0.5, 0.6) is 0 Å². The van der Waals surface area contributed by atoms with E-state index in [1.54, 1.807) is 0 Å². The van der Waals surface area contributed by atoms with Gasteiger partial charge >= 0.3 is 0 Å².